The molecule has 94 valence electrons. The number of halogens is 1. The number of aromatic amines is 1. The normalized spacial score (nSPS) is 12.2. The van der Waals surface area contributed by atoms with Crippen molar-refractivity contribution in [1.82, 2.24) is 20.5 Å². The Kier molecular flexibility index (Phi) is 3.76. The number of carbonyl (C=O) groups is 1. The summed E-state index contributed by atoms with van der Waals surface area (Å²) in [5.41, 5.74) is 1.65. The van der Waals surface area contributed by atoms with Gasteiger partial charge in [0.1, 0.15) is 12.2 Å². The molecule has 0 fully saturated rings. The van der Waals surface area contributed by atoms with Crippen LogP contribution < -0.4 is 5.32 Å². The van der Waals surface area contributed by atoms with Crippen molar-refractivity contribution >= 4 is 21.8 Å². The quantitative estimate of drug-likeness (QED) is 0.914. The highest BCUT2D eigenvalue weighted by Crippen LogP contribution is 2.16. The van der Waals surface area contributed by atoms with Crippen LogP contribution in [0.15, 0.2) is 29.0 Å². The summed E-state index contributed by atoms with van der Waals surface area (Å²) in [6.45, 7) is 3.80. The maximum Gasteiger partial charge on any atom is 0.251 e. The number of rotatable bonds is 3. The van der Waals surface area contributed by atoms with Gasteiger partial charge < -0.3 is 5.32 Å². The average molecular weight is 309 g/mol. The van der Waals surface area contributed by atoms with Gasteiger partial charge in [0.2, 0.25) is 0 Å². The molecule has 1 heterocycles. The van der Waals surface area contributed by atoms with Crippen LogP contribution in [0.25, 0.3) is 0 Å². The van der Waals surface area contributed by atoms with Crippen molar-refractivity contribution in [2.45, 2.75) is 19.9 Å². The minimum Gasteiger partial charge on any atom is -0.342 e. The number of amides is 1. The molecule has 2 aromatic rings. The first-order chi connectivity index (χ1) is 8.56. The zero-order chi connectivity index (χ0) is 13.1. The molecule has 6 heteroatoms. The number of aryl methyl sites for hydroxylation is 1. The first-order valence-corrected chi connectivity index (χ1v) is 6.29. The molecule has 0 saturated carbocycles. The summed E-state index contributed by atoms with van der Waals surface area (Å²) in [5.74, 6) is 0.498. The molecule has 0 bridgehead atoms. The highest BCUT2D eigenvalue weighted by Gasteiger charge is 2.13. The Labute approximate surface area is 113 Å². The number of nitrogens with one attached hydrogen (secondary N) is 2. The molecule has 0 saturated heterocycles. The lowest BCUT2D eigenvalue weighted by Crippen LogP contribution is -2.27. The van der Waals surface area contributed by atoms with Crippen molar-refractivity contribution in [1.29, 1.82) is 0 Å². The Morgan fingerprint density at radius 1 is 1.44 bits per heavy atom. The summed E-state index contributed by atoms with van der Waals surface area (Å²) in [4.78, 5) is 16.1. The number of aromatic nitrogens is 3. The second-order valence-corrected chi connectivity index (χ2v) is 5.00. The van der Waals surface area contributed by atoms with Crippen molar-refractivity contribution in [3.8, 4) is 0 Å². The largest absolute Gasteiger partial charge is 0.342 e. The third-order valence-electron chi connectivity index (χ3n) is 2.50. The van der Waals surface area contributed by atoms with Crippen molar-refractivity contribution in [3.63, 3.8) is 0 Å². The third-order valence-corrected chi connectivity index (χ3v) is 2.95. The highest BCUT2D eigenvalue weighted by atomic mass is 79.9. The molecular formula is C12H13BrN4O. The predicted molar refractivity (Wildman–Crippen MR) is 71.1 cm³/mol. The lowest BCUT2D eigenvalue weighted by molar-refractivity contribution is 0.0938. The fourth-order valence-electron chi connectivity index (χ4n) is 1.64. The van der Waals surface area contributed by atoms with Crippen LogP contribution in [0.3, 0.4) is 0 Å². The molecule has 1 unspecified atom stereocenters. The van der Waals surface area contributed by atoms with E-state index in [2.05, 4.69) is 36.4 Å². The van der Waals surface area contributed by atoms with Crippen LogP contribution in [0.5, 0.6) is 0 Å². The molecule has 0 aliphatic carbocycles. The number of carbonyl (C=O) groups excluding carboxylic acids is 1. The fourth-order valence-corrected chi connectivity index (χ4v) is 2.25. The Balaban J connectivity index is 2.12. The molecule has 0 aliphatic rings. The molecule has 0 radical (unpaired) electrons. The molecular weight excluding hydrogens is 296 g/mol. The minimum atomic E-state index is -0.209. The van der Waals surface area contributed by atoms with E-state index in [1.54, 1.807) is 6.07 Å². The van der Waals surface area contributed by atoms with Gasteiger partial charge in [0.05, 0.1) is 6.04 Å². The summed E-state index contributed by atoms with van der Waals surface area (Å²) in [5, 5.41) is 9.35. The van der Waals surface area contributed by atoms with Gasteiger partial charge in [-0.3, -0.25) is 9.89 Å². The second-order valence-electron chi connectivity index (χ2n) is 4.08. The molecule has 1 aromatic carbocycles. The van der Waals surface area contributed by atoms with E-state index in [9.17, 15) is 4.79 Å². The summed E-state index contributed by atoms with van der Waals surface area (Å²) < 4.78 is 0.889. The molecule has 2 rings (SSSR count). The molecule has 1 aromatic heterocycles. The van der Waals surface area contributed by atoms with E-state index < -0.39 is 0 Å². The summed E-state index contributed by atoms with van der Waals surface area (Å²) in [6.07, 6.45) is 1.42. The maximum atomic E-state index is 12.1. The van der Waals surface area contributed by atoms with Crippen molar-refractivity contribution in [2.75, 3.05) is 0 Å². The maximum absolute atomic E-state index is 12.1. The zero-order valence-corrected chi connectivity index (χ0v) is 11.7. The zero-order valence-electron chi connectivity index (χ0n) is 10.1. The number of hydrogen-bond donors (Lipinski definition) is 2. The molecule has 0 spiro atoms. The Bertz CT molecular complexity index is 533. The summed E-state index contributed by atoms with van der Waals surface area (Å²) in [7, 11) is 0. The molecule has 1 amide bonds. The topological polar surface area (TPSA) is 70.7 Å². The first kappa shape index (κ1) is 12.8. The van der Waals surface area contributed by atoms with Gasteiger partial charge in [0.15, 0.2) is 0 Å². The molecule has 0 aliphatic heterocycles. The van der Waals surface area contributed by atoms with Gasteiger partial charge in [-0.15, -0.1) is 0 Å². The van der Waals surface area contributed by atoms with E-state index in [0.717, 1.165) is 10.0 Å². The monoisotopic (exact) mass is 308 g/mol. The van der Waals surface area contributed by atoms with Crippen LogP contribution in [0.1, 0.15) is 34.7 Å². The average Bonchev–Trinajstić information content (AvgIpc) is 2.80. The predicted octanol–water partition coefficient (Wildman–Crippen LogP) is 2.37. The van der Waals surface area contributed by atoms with E-state index in [0.29, 0.717) is 11.4 Å². The van der Waals surface area contributed by atoms with Gasteiger partial charge >= 0.3 is 0 Å². The van der Waals surface area contributed by atoms with Crippen LogP contribution in [0, 0.1) is 6.92 Å². The third kappa shape index (κ3) is 2.95. The highest BCUT2D eigenvalue weighted by molar-refractivity contribution is 9.10. The standard InChI is InChI=1S/C12H13BrN4O/c1-7-3-9(5-10(13)4-7)12(18)16-8(2)11-14-6-15-17-11/h3-6,8H,1-2H3,(H,16,18)(H,14,15,17). The van der Waals surface area contributed by atoms with Gasteiger partial charge in [-0.2, -0.15) is 5.10 Å². The lowest BCUT2D eigenvalue weighted by Gasteiger charge is -2.11. The molecule has 5 nitrogen and oxygen atoms in total. The van der Waals surface area contributed by atoms with Crippen LogP contribution in [-0.4, -0.2) is 21.1 Å². The molecule has 18 heavy (non-hydrogen) atoms. The van der Waals surface area contributed by atoms with Gasteiger partial charge in [-0.1, -0.05) is 15.9 Å². The Morgan fingerprint density at radius 2 is 2.22 bits per heavy atom. The summed E-state index contributed by atoms with van der Waals surface area (Å²) >= 11 is 3.38. The first-order valence-electron chi connectivity index (χ1n) is 5.49. The number of H-pyrrole nitrogens is 1. The van der Waals surface area contributed by atoms with Crippen molar-refractivity contribution in [2.24, 2.45) is 0 Å². The van der Waals surface area contributed by atoms with Gasteiger partial charge in [-0.05, 0) is 37.6 Å². The van der Waals surface area contributed by atoms with Gasteiger partial charge in [0.25, 0.3) is 5.91 Å². The smallest absolute Gasteiger partial charge is 0.251 e. The van der Waals surface area contributed by atoms with Crippen molar-refractivity contribution in [3.05, 3.63) is 46.0 Å². The number of hydrogen-bond acceptors (Lipinski definition) is 3. The lowest BCUT2D eigenvalue weighted by atomic mass is 10.1. The minimum absolute atomic E-state index is 0.136. The van der Waals surface area contributed by atoms with E-state index in [-0.39, 0.29) is 11.9 Å². The summed E-state index contributed by atoms with van der Waals surface area (Å²) in [6, 6.07) is 5.37. The van der Waals surface area contributed by atoms with Crippen LogP contribution in [-0.2, 0) is 0 Å². The molecule has 2 N–H and O–H groups in total. The van der Waals surface area contributed by atoms with E-state index in [1.165, 1.54) is 6.33 Å². The number of benzene rings is 1. The van der Waals surface area contributed by atoms with Crippen molar-refractivity contribution < 1.29 is 4.79 Å². The van der Waals surface area contributed by atoms with E-state index >= 15 is 0 Å². The number of nitrogens with zero attached hydrogens (tertiary/aromatic N) is 2. The Morgan fingerprint density at radius 3 is 2.83 bits per heavy atom. The Hall–Kier alpha value is -1.69. The second kappa shape index (κ2) is 5.30. The fraction of sp³-hybridized carbons (Fsp3) is 0.250. The SMILES string of the molecule is Cc1cc(Br)cc(C(=O)NC(C)c2ncn[nH]2)c1. The van der Waals surface area contributed by atoms with Crippen LogP contribution >= 0.6 is 15.9 Å². The molecule has 1 atom stereocenters. The van der Waals surface area contributed by atoms with E-state index in [1.807, 2.05) is 26.0 Å². The van der Waals surface area contributed by atoms with Gasteiger partial charge in [-0.25, -0.2) is 4.98 Å². The van der Waals surface area contributed by atoms with Gasteiger partial charge in [0, 0.05) is 10.0 Å². The van der Waals surface area contributed by atoms with Crippen LogP contribution in [0.2, 0.25) is 0 Å². The van der Waals surface area contributed by atoms with Crippen LogP contribution in [0.4, 0.5) is 0 Å². The van der Waals surface area contributed by atoms with E-state index in [4.69, 9.17) is 0 Å².